The number of amides is 2. The predicted molar refractivity (Wildman–Crippen MR) is 131 cm³/mol. The van der Waals surface area contributed by atoms with Gasteiger partial charge in [0.15, 0.2) is 0 Å². The number of carbonyl (C=O) groups excluding carboxylic acids is 2. The number of benzene rings is 3. The van der Waals surface area contributed by atoms with Gasteiger partial charge in [-0.1, -0.05) is 61.8 Å². The molecule has 3 rings (SSSR count). The van der Waals surface area contributed by atoms with Crippen LogP contribution in [0.2, 0.25) is 5.02 Å². The molecule has 176 valence electrons. The number of aliphatic carboxylic acids is 1. The van der Waals surface area contributed by atoms with Crippen LogP contribution in [0, 0.1) is 0 Å². The Labute approximate surface area is 202 Å². The Morgan fingerprint density at radius 1 is 0.912 bits per heavy atom. The number of carbonyl (C=O) groups is 3. The second-order valence-corrected chi connectivity index (χ2v) is 8.50. The molecule has 3 aromatic carbocycles. The standard InChI is InChI=1S/C26H25ClN2O5/c1-15(2)18-6-3-4-7-19(18)24(31)29-21(26(33)34)14-16-10-12-17(13-11-16)28-25(32)23-20(27)8-5-9-22(23)30/h3-13,15,21,30H,14H2,1-2H3,(H,28,32)(H,29,31)(H,33,34). The molecule has 0 aliphatic heterocycles. The van der Waals surface area contributed by atoms with E-state index in [4.69, 9.17) is 11.6 Å². The van der Waals surface area contributed by atoms with E-state index in [9.17, 15) is 24.6 Å². The van der Waals surface area contributed by atoms with Crippen LogP contribution in [0.4, 0.5) is 5.69 Å². The minimum Gasteiger partial charge on any atom is -0.507 e. The molecule has 0 radical (unpaired) electrons. The highest BCUT2D eigenvalue weighted by Crippen LogP contribution is 2.26. The molecule has 0 aliphatic rings. The summed E-state index contributed by atoms with van der Waals surface area (Å²) in [7, 11) is 0. The van der Waals surface area contributed by atoms with Crippen molar-refractivity contribution in [2.45, 2.75) is 32.2 Å². The number of hydrogen-bond donors (Lipinski definition) is 4. The maximum atomic E-state index is 12.8. The number of phenols is 1. The molecule has 1 unspecified atom stereocenters. The first-order valence-electron chi connectivity index (χ1n) is 10.7. The van der Waals surface area contributed by atoms with Gasteiger partial charge in [0.05, 0.1) is 5.02 Å². The predicted octanol–water partition coefficient (Wildman–Crippen LogP) is 4.85. The molecule has 0 saturated carbocycles. The summed E-state index contributed by atoms with van der Waals surface area (Å²) < 4.78 is 0. The van der Waals surface area contributed by atoms with Gasteiger partial charge < -0.3 is 20.8 Å². The van der Waals surface area contributed by atoms with Crippen molar-refractivity contribution in [2.75, 3.05) is 5.32 Å². The summed E-state index contributed by atoms with van der Waals surface area (Å²) in [5, 5.41) is 24.9. The van der Waals surface area contributed by atoms with Crippen molar-refractivity contribution >= 4 is 35.1 Å². The zero-order valence-corrected chi connectivity index (χ0v) is 19.5. The zero-order valence-electron chi connectivity index (χ0n) is 18.7. The molecule has 0 heterocycles. The summed E-state index contributed by atoms with van der Waals surface area (Å²) in [6.45, 7) is 3.93. The quantitative estimate of drug-likeness (QED) is 0.368. The van der Waals surface area contributed by atoms with E-state index >= 15 is 0 Å². The van der Waals surface area contributed by atoms with E-state index in [1.54, 1.807) is 36.4 Å². The van der Waals surface area contributed by atoms with Crippen LogP contribution in [0.3, 0.4) is 0 Å². The second-order valence-electron chi connectivity index (χ2n) is 8.10. The van der Waals surface area contributed by atoms with Gasteiger partial charge in [0, 0.05) is 17.7 Å². The number of carboxylic acids is 1. The molecular formula is C26H25ClN2O5. The van der Waals surface area contributed by atoms with Crippen LogP contribution >= 0.6 is 11.6 Å². The minimum atomic E-state index is -1.15. The maximum absolute atomic E-state index is 12.8. The number of aromatic hydroxyl groups is 1. The summed E-state index contributed by atoms with van der Waals surface area (Å²) >= 11 is 6.00. The lowest BCUT2D eigenvalue weighted by Crippen LogP contribution is -2.42. The van der Waals surface area contributed by atoms with Crippen molar-refractivity contribution in [1.29, 1.82) is 0 Å². The first-order chi connectivity index (χ1) is 16.2. The second kappa shape index (κ2) is 10.9. The van der Waals surface area contributed by atoms with Gasteiger partial charge in [-0.05, 0) is 47.4 Å². The summed E-state index contributed by atoms with van der Waals surface area (Å²) in [5.74, 6) is -2.29. The largest absolute Gasteiger partial charge is 0.507 e. The molecule has 4 N–H and O–H groups in total. The molecule has 0 aromatic heterocycles. The third-order valence-corrected chi connectivity index (χ3v) is 5.62. The number of carboxylic acid groups (broad SMARTS) is 1. The minimum absolute atomic E-state index is 0.0384. The zero-order chi connectivity index (χ0) is 24.8. The molecule has 0 spiro atoms. The first-order valence-corrected chi connectivity index (χ1v) is 11.1. The summed E-state index contributed by atoms with van der Waals surface area (Å²) in [5.41, 5.74) is 2.35. The Bertz CT molecular complexity index is 1190. The molecule has 1 atom stereocenters. The van der Waals surface area contributed by atoms with Crippen LogP contribution in [-0.2, 0) is 11.2 Å². The van der Waals surface area contributed by atoms with Gasteiger partial charge >= 0.3 is 5.97 Å². The van der Waals surface area contributed by atoms with E-state index < -0.39 is 23.8 Å². The molecule has 8 heteroatoms. The summed E-state index contributed by atoms with van der Waals surface area (Å²) in [6.07, 6.45) is 0.0600. The average molecular weight is 481 g/mol. The number of rotatable bonds is 8. The number of anilines is 1. The molecule has 34 heavy (non-hydrogen) atoms. The molecule has 0 fully saturated rings. The summed E-state index contributed by atoms with van der Waals surface area (Å²) in [4.78, 5) is 37.1. The van der Waals surface area contributed by atoms with E-state index in [2.05, 4.69) is 10.6 Å². The number of phenolic OH excluding ortho intramolecular Hbond substituents is 1. The van der Waals surface area contributed by atoms with Crippen molar-refractivity contribution in [1.82, 2.24) is 5.32 Å². The Kier molecular flexibility index (Phi) is 7.91. The van der Waals surface area contributed by atoms with Crippen LogP contribution in [0.5, 0.6) is 5.75 Å². The van der Waals surface area contributed by atoms with Crippen molar-refractivity contribution in [3.8, 4) is 5.75 Å². The number of halogens is 1. The molecule has 0 saturated heterocycles. The highest BCUT2D eigenvalue weighted by molar-refractivity contribution is 6.34. The number of hydrogen-bond acceptors (Lipinski definition) is 4. The normalized spacial score (nSPS) is 11.6. The fourth-order valence-corrected chi connectivity index (χ4v) is 3.79. The summed E-state index contributed by atoms with van der Waals surface area (Å²) in [6, 6.07) is 16.9. The van der Waals surface area contributed by atoms with E-state index in [1.165, 1.54) is 18.2 Å². The van der Waals surface area contributed by atoms with Gasteiger partial charge in [0.25, 0.3) is 11.8 Å². The van der Waals surface area contributed by atoms with E-state index in [0.29, 0.717) is 16.8 Å². The Morgan fingerprint density at radius 3 is 2.21 bits per heavy atom. The van der Waals surface area contributed by atoms with Crippen molar-refractivity contribution in [3.05, 3.63) is 94.0 Å². The molecule has 0 bridgehead atoms. The van der Waals surface area contributed by atoms with Crippen LogP contribution in [-0.4, -0.2) is 34.0 Å². The average Bonchev–Trinajstić information content (AvgIpc) is 2.79. The van der Waals surface area contributed by atoms with Gasteiger partial charge in [0.1, 0.15) is 17.4 Å². The third-order valence-electron chi connectivity index (χ3n) is 5.30. The SMILES string of the molecule is CC(C)c1ccccc1C(=O)NC(Cc1ccc(NC(=O)c2c(O)cccc2Cl)cc1)C(=O)O. The molecule has 2 amide bonds. The topological polar surface area (TPSA) is 116 Å². The Hall–Kier alpha value is -3.84. The molecule has 7 nitrogen and oxygen atoms in total. The fraction of sp³-hybridized carbons (Fsp3) is 0.192. The van der Waals surface area contributed by atoms with Crippen LogP contribution in [0.15, 0.2) is 66.7 Å². The first kappa shape index (κ1) is 24.8. The van der Waals surface area contributed by atoms with Crippen molar-refractivity contribution in [2.24, 2.45) is 0 Å². The van der Waals surface area contributed by atoms with Crippen LogP contribution < -0.4 is 10.6 Å². The third kappa shape index (κ3) is 5.94. The number of nitrogens with one attached hydrogen (secondary N) is 2. The van der Waals surface area contributed by atoms with Gasteiger partial charge in [-0.25, -0.2) is 4.79 Å². The fourth-order valence-electron chi connectivity index (χ4n) is 3.53. The molecular weight excluding hydrogens is 456 g/mol. The smallest absolute Gasteiger partial charge is 0.326 e. The molecule has 0 aliphatic carbocycles. The lowest BCUT2D eigenvalue weighted by molar-refractivity contribution is -0.139. The Balaban J connectivity index is 1.69. The van der Waals surface area contributed by atoms with E-state index in [0.717, 1.165) is 5.56 Å². The maximum Gasteiger partial charge on any atom is 0.326 e. The van der Waals surface area contributed by atoms with Gasteiger partial charge in [-0.15, -0.1) is 0 Å². The van der Waals surface area contributed by atoms with E-state index in [-0.39, 0.29) is 28.7 Å². The van der Waals surface area contributed by atoms with Gasteiger partial charge in [-0.3, -0.25) is 9.59 Å². The monoisotopic (exact) mass is 480 g/mol. The highest BCUT2D eigenvalue weighted by atomic mass is 35.5. The van der Waals surface area contributed by atoms with Crippen molar-refractivity contribution in [3.63, 3.8) is 0 Å². The van der Waals surface area contributed by atoms with Gasteiger partial charge in [0.2, 0.25) is 0 Å². The highest BCUT2D eigenvalue weighted by Gasteiger charge is 2.23. The van der Waals surface area contributed by atoms with E-state index in [1.807, 2.05) is 26.0 Å². The Morgan fingerprint density at radius 2 is 1.59 bits per heavy atom. The lowest BCUT2D eigenvalue weighted by Gasteiger charge is -2.17. The lowest BCUT2D eigenvalue weighted by atomic mass is 9.96. The van der Waals surface area contributed by atoms with Crippen LogP contribution in [0.25, 0.3) is 0 Å². The van der Waals surface area contributed by atoms with Crippen LogP contribution in [0.1, 0.15) is 51.6 Å². The van der Waals surface area contributed by atoms with Gasteiger partial charge in [-0.2, -0.15) is 0 Å². The molecule has 3 aromatic rings. The van der Waals surface area contributed by atoms with Crippen molar-refractivity contribution < 1.29 is 24.6 Å².